The van der Waals surface area contributed by atoms with Crippen LogP contribution in [0.15, 0.2) is 35.5 Å². The summed E-state index contributed by atoms with van der Waals surface area (Å²) in [7, 11) is -2.05. The quantitative estimate of drug-likeness (QED) is 0.800. The molecule has 0 radical (unpaired) electrons. The fourth-order valence-corrected chi connectivity index (χ4v) is 3.91. The van der Waals surface area contributed by atoms with Crippen LogP contribution in [0.5, 0.6) is 0 Å². The van der Waals surface area contributed by atoms with E-state index >= 15 is 0 Å². The number of sulfonamides is 1. The summed E-state index contributed by atoms with van der Waals surface area (Å²) in [5.74, 6) is 0.255. The Hall–Kier alpha value is -2.26. The average Bonchev–Trinajstić information content (AvgIpc) is 2.96. The van der Waals surface area contributed by atoms with Crippen molar-refractivity contribution in [2.45, 2.75) is 43.2 Å². The predicted molar refractivity (Wildman–Crippen MR) is 91.3 cm³/mol. The first-order valence-electron chi connectivity index (χ1n) is 8.14. The summed E-state index contributed by atoms with van der Waals surface area (Å²) in [5, 5.41) is 10.6. The van der Waals surface area contributed by atoms with Crippen molar-refractivity contribution in [3.05, 3.63) is 42.0 Å². The molecule has 2 aromatic rings. The molecule has 0 unspecified atom stereocenters. The highest BCUT2D eigenvalue weighted by Crippen LogP contribution is 2.20. The van der Waals surface area contributed by atoms with Crippen molar-refractivity contribution in [3.63, 3.8) is 0 Å². The largest absolute Gasteiger partial charge is 0.349 e. The van der Waals surface area contributed by atoms with E-state index in [1.54, 1.807) is 30.7 Å². The summed E-state index contributed by atoms with van der Waals surface area (Å²) in [6.07, 6.45) is 4.57. The monoisotopic (exact) mass is 363 g/mol. The van der Waals surface area contributed by atoms with Gasteiger partial charge in [0.1, 0.15) is 12.2 Å². The maximum Gasteiger partial charge on any atom is 0.251 e. The van der Waals surface area contributed by atoms with Crippen LogP contribution in [-0.4, -0.2) is 35.1 Å². The minimum Gasteiger partial charge on any atom is -0.349 e. The van der Waals surface area contributed by atoms with Crippen LogP contribution >= 0.6 is 0 Å². The van der Waals surface area contributed by atoms with E-state index in [1.165, 1.54) is 18.5 Å². The van der Waals surface area contributed by atoms with Crippen LogP contribution in [0.1, 0.15) is 48.4 Å². The molecule has 0 bridgehead atoms. The summed E-state index contributed by atoms with van der Waals surface area (Å²) in [6, 6.07) is 5.67. The molecule has 1 saturated carbocycles. The first-order chi connectivity index (χ1) is 11.9. The second-order valence-electron chi connectivity index (χ2n) is 6.27. The Balaban J connectivity index is 1.76. The Labute approximate surface area is 146 Å². The van der Waals surface area contributed by atoms with Crippen LogP contribution in [0.3, 0.4) is 0 Å². The van der Waals surface area contributed by atoms with Crippen LogP contribution in [0, 0.1) is 0 Å². The number of amides is 1. The highest BCUT2D eigenvalue weighted by Gasteiger charge is 2.23. The number of carbonyl (C=O) groups is 1. The standard InChI is InChI=1S/C16H21N5O3S/c1-11(15-19-17-10-21(15)2)20-25(23,24)14-8-3-5-12(9-14)16(22)18-13-6-4-7-13/h3,5,8-11,13,20H,4,6-7H2,1-2H3,(H,18,22)/t11-/m0/s1. The number of hydrogen-bond donors (Lipinski definition) is 2. The fraction of sp³-hybridized carbons (Fsp3) is 0.438. The van der Waals surface area contributed by atoms with E-state index in [1.807, 2.05) is 0 Å². The minimum absolute atomic E-state index is 0.0442. The SMILES string of the molecule is C[C@H](NS(=O)(=O)c1cccc(C(=O)NC2CCC2)c1)c1nncn1C. The van der Waals surface area contributed by atoms with Crippen molar-refractivity contribution < 1.29 is 13.2 Å². The number of aryl methyl sites for hydroxylation is 1. The van der Waals surface area contributed by atoms with Crippen LogP contribution in [0.2, 0.25) is 0 Å². The van der Waals surface area contributed by atoms with Crippen molar-refractivity contribution in [2.75, 3.05) is 0 Å². The van der Waals surface area contributed by atoms with Crippen molar-refractivity contribution in [3.8, 4) is 0 Å². The number of carbonyl (C=O) groups excluding carboxylic acids is 1. The van der Waals surface area contributed by atoms with E-state index in [0.717, 1.165) is 19.3 Å². The highest BCUT2D eigenvalue weighted by atomic mass is 32.2. The molecule has 1 atom stereocenters. The summed E-state index contributed by atoms with van der Waals surface area (Å²) < 4.78 is 29.4. The molecule has 0 spiro atoms. The molecule has 3 rings (SSSR count). The molecule has 1 fully saturated rings. The van der Waals surface area contributed by atoms with Crippen LogP contribution in [0.25, 0.3) is 0 Å². The molecule has 1 aliphatic carbocycles. The zero-order valence-corrected chi connectivity index (χ0v) is 15.0. The second-order valence-corrected chi connectivity index (χ2v) is 7.99. The van der Waals surface area contributed by atoms with Crippen LogP contribution in [-0.2, 0) is 17.1 Å². The van der Waals surface area contributed by atoms with Gasteiger partial charge in [-0.05, 0) is 44.4 Å². The Morgan fingerprint density at radius 2 is 2.12 bits per heavy atom. The van der Waals surface area contributed by atoms with Gasteiger partial charge in [-0.1, -0.05) is 6.07 Å². The summed E-state index contributed by atoms with van der Waals surface area (Å²) in [6.45, 7) is 1.69. The van der Waals surface area contributed by atoms with Crippen molar-refractivity contribution in [2.24, 2.45) is 7.05 Å². The number of nitrogens with zero attached hydrogens (tertiary/aromatic N) is 3. The number of nitrogens with one attached hydrogen (secondary N) is 2. The van der Waals surface area contributed by atoms with Gasteiger partial charge in [0.2, 0.25) is 10.0 Å². The van der Waals surface area contributed by atoms with Gasteiger partial charge >= 0.3 is 0 Å². The third kappa shape index (κ3) is 3.88. The van der Waals surface area contributed by atoms with Crippen LogP contribution < -0.4 is 10.0 Å². The molecule has 1 aromatic carbocycles. The molecule has 1 aromatic heterocycles. The van der Waals surface area contributed by atoms with E-state index in [2.05, 4.69) is 20.2 Å². The third-order valence-electron chi connectivity index (χ3n) is 4.31. The molecule has 25 heavy (non-hydrogen) atoms. The second kappa shape index (κ2) is 6.93. The third-order valence-corrected chi connectivity index (χ3v) is 5.85. The van der Waals surface area contributed by atoms with Crippen molar-refractivity contribution in [1.29, 1.82) is 0 Å². The molecule has 0 saturated heterocycles. The fourth-order valence-electron chi connectivity index (χ4n) is 2.66. The average molecular weight is 363 g/mol. The predicted octanol–water partition coefficient (Wildman–Crippen LogP) is 1.14. The first-order valence-corrected chi connectivity index (χ1v) is 9.62. The van der Waals surface area contributed by atoms with Gasteiger partial charge in [0, 0.05) is 18.7 Å². The summed E-state index contributed by atoms with van der Waals surface area (Å²) >= 11 is 0. The molecular formula is C16H21N5O3S. The minimum atomic E-state index is -3.79. The topological polar surface area (TPSA) is 106 Å². The lowest BCUT2D eigenvalue weighted by Gasteiger charge is -2.26. The number of aromatic nitrogens is 3. The molecule has 1 aliphatic rings. The Morgan fingerprint density at radius 1 is 1.36 bits per heavy atom. The van der Waals surface area contributed by atoms with Gasteiger partial charge in [0.15, 0.2) is 0 Å². The van der Waals surface area contributed by atoms with Gasteiger partial charge < -0.3 is 9.88 Å². The first kappa shape index (κ1) is 17.6. The maximum atomic E-state index is 12.6. The highest BCUT2D eigenvalue weighted by molar-refractivity contribution is 7.89. The van der Waals surface area contributed by atoms with Gasteiger partial charge in [-0.15, -0.1) is 10.2 Å². The molecule has 8 nitrogen and oxygen atoms in total. The zero-order chi connectivity index (χ0) is 18.0. The lowest BCUT2D eigenvalue weighted by Crippen LogP contribution is -2.39. The summed E-state index contributed by atoms with van der Waals surface area (Å²) in [5.41, 5.74) is 0.334. The molecule has 0 aliphatic heterocycles. The zero-order valence-electron chi connectivity index (χ0n) is 14.1. The lowest BCUT2D eigenvalue weighted by atomic mass is 9.93. The molecular weight excluding hydrogens is 342 g/mol. The Morgan fingerprint density at radius 3 is 2.72 bits per heavy atom. The molecule has 1 amide bonds. The van der Waals surface area contributed by atoms with Gasteiger partial charge in [-0.3, -0.25) is 4.79 Å². The summed E-state index contributed by atoms with van der Waals surface area (Å²) in [4.78, 5) is 12.3. The van der Waals surface area contributed by atoms with E-state index < -0.39 is 16.1 Å². The Kier molecular flexibility index (Phi) is 4.87. The number of hydrogen-bond acceptors (Lipinski definition) is 5. The van der Waals surface area contributed by atoms with Crippen molar-refractivity contribution >= 4 is 15.9 Å². The molecule has 1 heterocycles. The number of rotatable bonds is 6. The van der Waals surface area contributed by atoms with Crippen LogP contribution in [0.4, 0.5) is 0 Å². The van der Waals surface area contributed by atoms with Gasteiger partial charge in [0.25, 0.3) is 5.91 Å². The number of benzene rings is 1. The van der Waals surface area contributed by atoms with Gasteiger partial charge in [0.05, 0.1) is 10.9 Å². The van der Waals surface area contributed by atoms with Crippen molar-refractivity contribution in [1.82, 2.24) is 24.8 Å². The smallest absolute Gasteiger partial charge is 0.251 e. The maximum absolute atomic E-state index is 12.6. The van der Waals surface area contributed by atoms with Gasteiger partial charge in [-0.2, -0.15) is 0 Å². The molecule has 2 N–H and O–H groups in total. The lowest BCUT2D eigenvalue weighted by molar-refractivity contribution is 0.0916. The molecule has 9 heteroatoms. The van der Waals surface area contributed by atoms with E-state index in [0.29, 0.717) is 11.4 Å². The van der Waals surface area contributed by atoms with E-state index in [-0.39, 0.29) is 16.8 Å². The Bertz CT molecular complexity index is 873. The molecule has 134 valence electrons. The van der Waals surface area contributed by atoms with E-state index in [4.69, 9.17) is 0 Å². The normalized spacial score (nSPS) is 16.2. The van der Waals surface area contributed by atoms with E-state index in [9.17, 15) is 13.2 Å². The van der Waals surface area contributed by atoms with Gasteiger partial charge in [-0.25, -0.2) is 13.1 Å².